The van der Waals surface area contributed by atoms with Crippen molar-refractivity contribution >= 4 is 39.3 Å². The minimum Gasteiger partial charge on any atom is -0.453 e. The number of hydrogen-bond acceptors (Lipinski definition) is 7. The van der Waals surface area contributed by atoms with Gasteiger partial charge in [0, 0.05) is 71.7 Å². The molecule has 2 N–H and O–H groups in total. The normalized spacial score (nSPS) is 25.0. The average molecular weight is 714 g/mol. The summed E-state index contributed by atoms with van der Waals surface area (Å²) in [5.74, 6) is -1.89. The van der Waals surface area contributed by atoms with Crippen LogP contribution < -0.4 is 16.2 Å². The maximum atomic E-state index is 15.6. The highest BCUT2D eigenvalue weighted by molar-refractivity contribution is 7.89. The van der Waals surface area contributed by atoms with E-state index in [1.807, 2.05) is 13.8 Å². The van der Waals surface area contributed by atoms with E-state index in [9.17, 15) is 22.8 Å². The topological polar surface area (TPSA) is 130 Å². The molecule has 2 amide bonds. The van der Waals surface area contributed by atoms with Crippen molar-refractivity contribution in [3.05, 3.63) is 98.7 Å². The first-order valence-corrected chi connectivity index (χ1v) is 18.5. The van der Waals surface area contributed by atoms with Crippen LogP contribution in [0.25, 0.3) is 0 Å². The van der Waals surface area contributed by atoms with Crippen LogP contribution in [0.2, 0.25) is 5.02 Å². The van der Waals surface area contributed by atoms with E-state index in [1.54, 1.807) is 46.9 Å². The SMILES string of the molecule is COC(=O)NC(C(=O)Nc1cccc(F)c1CCC1C2CN2C2CCCS(=O)(=O)N1C2)C(c1ccc(Cl)cc1)c1ccc(=O)n(C(C)C)c1. The number of sulfonamides is 1. The molecule has 3 aromatic rings. The van der Waals surface area contributed by atoms with Gasteiger partial charge in [-0.05, 0) is 74.9 Å². The van der Waals surface area contributed by atoms with E-state index in [-0.39, 0.29) is 53.2 Å². The summed E-state index contributed by atoms with van der Waals surface area (Å²) >= 11 is 6.20. The van der Waals surface area contributed by atoms with Crippen LogP contribution in [0.3, 0.4) is 0 Å². The van der Waals surface area contributed by atoms with Crippen LogP contribution in [0.4, 0.5) is 14.9 Å². The van der Waals surface area contributed by atoms with Gasteiger partial charge in [-0.1, -0.05) is 35.9 Å². The number of aromatic nitrogens is 1. The van der Waals surface area contributed by atoms with Crippen LogP contribution >= 0.6 is 11.6 Å². The van der Waals surface area contributed by atoms with Gasteiger partial charge in [0.25, 0.3) is 5.56 Å². The minimum atomic E-state index is -3.43. The first-order chi connectivity index (χ1) is 23.4. The molecular weight excluding hydrogens is 673 g/mol. The number of piperazine rings is 1. The number of benzene rings is 2. The summed E-state index contributed by atoms with van der Waals surface area (Å²) in [6, 6.07) is 12.8. The number of amides is 2. The third kappa shape index (κ3) is 7.40. The second kappa shape index (κ2) is 14.2. The molecular formula is C35H41ClFN5O6S. The molecule has 0 radical (unpaired) electrons. The van der Waals surface area contributed by atoms with Gasteiger partial charge in [-0.2, -0.15) is 4.31 Å². The number of carbonyl (C=O) groups excluding carboxylic acids is 2. The number of methoxy groups -OCH3 is 1. The van der Waals surface area contributed by atoms with Crippen LogP contribution in [0.15, 0.2) is 65.6 Å². The highest BCUT2D eigenvalue weighted by Gasteiger charge is 2.55. The molecule has 0 aliphatic carbocycles. The van der Waals surface area contributed by atoms with Gasteiger partial charge in [0.2, 0.25) is 15.9 Å². The highest BCUT2D eigenvalue weighted by Crippen LogP contribution is 2.40. The molecule has 2 aromatic carbocycles. The van der Waals surface area contributed by atoms with Crippen LogP contribution in [-0.4, -0.2) is 84.3 Å². The zero-order chi connectivity index (χ0) is 35.0. The maximum absolute atomic E-state index is 15.6. The Morgan fingerprint density at radius 1 is 1.06 bits per heavy atom. The van der Waals surface area contributed by atoms with E-state index in [2.05, 4.69) is 15.5 Å². The van der Waals surface area contributed by atoms with Crippen molar-refractivity contribution in [1.82, 2.24) is 19.1 Å². The largest absolute Gasteiger partial charge is 0.453 e. The number of nitrogens with one attached hydrogen (secondary N) is 2. The van der Waals surface area contributed by atoms with E-state index < -0.39 is 39.8 Å². The number of alkyl carbamates (subject to hydrolysis) is 1. The molecule has 4 heterocycles. The predicted octanol–water partition coefficient (Wildman–Crippen LogP) is 4.51. The smallest absolute Gasteiger partial charge is 0.407 e. The lowest BCUT2D eigenvalue weighted by Gasteiger charge is -2.37. The van der Waals surface area contributed by atoms with Crippen LogP contribution in [0.5, 0.6) is 0 Å². The molecule has 3 saturated heterocycles. The Hall–Kier alpha value is -3.78. The number of carbonyl (C=O) groups is 2. The lowest BCUT2D eigenvalue weighted by Crippen LogP contribution is -2.53. The molecule has 7 unspecified atom stereocenters. The number of ether oxygens (including phenoxy) is 1. The molecule has 0 saturated carbocycles. The molecule has 0 spiro atoms. The number of fused-ring (bicyclic) bond motifs is 4. The van der Waals surface area contributed by atoms with Gasteiger partial charge < -0.3 is 19.9 Å². The molecule has 262 valence electrons. The molecule has 14 heteroatoms. The molecule has 1 aromatic heterocycles. The van der Waals surface area contributed by atoms with Crippen molar-refractivity contribution in [3.63, 3.8) is 0 Å². The standard InChI is InChI=1S/C35H41ClFN5O6S/c1-21(2)40-18-23(11-16-31(40)43)32(22-9-12-24(36)13-10-22)33(39-35(45)48-3)34(44)38-28-8-4-7-27(37)26(28)14-15-29-30-20-41(30)25-6-5-17-49(46,47)42(29)19-25/h4,7-13,16,18,21,25,29-30,32-33H,5-6,14-15,17,19-20H2,1-3H3,(H,38,44)(H,39,45). The Kier molecular flexibility index (Phi) is 10.2. The lowest BCUT2D eigenvalue weighted by atomic mass is 9.85. The monoisotopic (exact) mass is 713 g/mol. The summed E-state index contributed by atoms with van der Waals surface area (Å²) in [5.41, 5.74) is 1.41. The van der Waals surface area contributed by atoms with E-state index in [0.717, 1.165) is 13.0 Å². The van der Waals surface area contributed by atoms with E-state index >= 15 is 4.39 Å². The zero-order valence-corrected chi connectivity index (χ0v) is 29.2. The van der Waals surface area contributed by atoms with Crippen molar-refractivity contribution in [2.24, 2.45) is 0 Å². The van der Waals surface area contributed by atoms with Gasteiger partial charge in [-0.15, -0.1) is 0 Å². The van der Waals surface area contributed by atoms with Crippen LogP contribution in [0.1, 0.15) is 61.8 Å². The van der Waals surface area contributed by atoms with E-state index in [1.165, 1.54) is 29.9 Å². The first kappa shape index (κ1) is 35.1. The summed E-state index contributed by atoms with van der Waals surface area (Å²) in [6.45, 7) is 4.99. The average Bonchev–Trinajstić information content (AvgIpc) is 3.88. The van der Waals surface area contributed by atoms with E-state index in [4.69, 9.17) is 16.3 Å². The number of halogens is 2. The second-order valence-electron chi connectivity index (χ2n) is 13.3. The van der Waals surface area contributed by atoms with Crippen LogP contribution in [0, 0.1) is 5.82 Å². The molecule has 3 fully saturated rings. The van der Waals surface area contributed by atoms with Crippen LogP contribution in [-0.2, 0) is 26.0 Å². The molecule has 7 atom stereocenters. The summed E-state index contributed by atoms with van der Waals surface area (Å²) in [4.78, 5) is 42.0. The molecule has 3 aliphatic rings. The molecule has 49 heavy (non-hydrogen) atoms. The zero-order valence-electron chi connectivity index (χ0n) is 27.6. The number of rotatable bonds is 10. The maximum Gasteiger partial charge on any atom is 0.407 e. The third-order valence-electron chi connectivity index (χ3n) is 9.91. The molecule has 2 bridgehead atoms. The van der Waals surface area contributed by atoms with Gasteiger partial charge in [-0.25, -0.2) is 17.6 Å². The summed E-state index contributed by atoms with van der Waals surface area (Å²) in [6.07, 6.45) is 2.83. The van der Waals surface area contributed by atoms with Gasteiger partial charge in [0.15, 0.2) is 0 Å². The van der Waals surface area contributed by atoms with Gasteiger partial charge in [0.05, 0.1) is 12.9 Å². The van der Waals surface area contributed by atoms with Gasteiger partial charge in [0.1, 0.15) is 11.9 Å². The van der Waals surface area contributed by atoms with Crippen molar-refractivity contribution in [1.29, 1.82) is 0 Å². The predicted molar refractivity (Wildman–Crippen MR) is 185 cm³/mol. The molecule has 6 rings (SSSR count). The Labute approximate surface area is 290 Å². The fourth-order valence-electron chi connectivity index (χ4n) is 7.38. The number of anilines is 1. The van der Waals surface area contributed by atoms with E-state index in [0.29, 0.717) is 35.5 Å². The number of nitrogens with zero attached hydrogens (tertiary/aromatic N) is 3. The van der Waals surface area contributed by atoms with Crippen molar-refractivity contribution in [2.45, 2.75) is 75.7 Å². The Morgan fingerprint density at radius 2 is 1.80 bits per heavy atom. The van der Waals surface area contributed by atoms with Gasteiger partial charge in [-0.3, -0.25) is 14.5 Å². The Bertz CT molecular complexity index is 1890. The quantitative estimate of drug-likeness (QED) is 0.296. The Balaban J connectivity index is 1.32. The number of hydrogen-bond donors (Lipinski definition) is 2. The number of pyridine rings is 1. The Morgan fingerprint density at radius 3 is 2.51 bits per heavy atom. The van der Waals surface area contributed by atoms with Crippen molar-refractivity contribution < 1.29 is 27.1 Å². The minimum absolute atomic E-state index is 0.0966. The summed E-state index contributed by atoms with van der Waals surface area (Å²) in [7, 11) is -2.25. The van der Waals surface area contributed by atoms with Gasteiger partial charge >= 0.3 is 6.09 Å². The third-order valence-corrected chi connectivity index (χ3v) is 12.1. The molecule has 11 nitrogen and oxygen atoms in total. The lowest BCUT2D eigenvalue weighted by molar-refractivity contribution is -0.118. The fraction of sp³-hybridized carbons (Fsp3) is 0.457. The fourth-order valence-corrected chi connectivity index (χ4v) is 9.33. The molecule has 3 aliphatic heterocycles. The van der Waals surface area contributed by atoms with Crippen molar-refractivity contribution in [2.75, 3.05) is 31.3 Å². The first-order valence-electron chi connectivity index (χ1n) is 16.5. The summed E-state index contributed by atoms with van der Waals surface area (Å²) < 4.78 is 49.9. The second-order valence-corrected chi connectivity index (χ2v) is 15.7. The summed E-state index contributed by atoms with van der Waals surface area (Å²) in [5, 5.41) is 5.99. The van der Waals surface area contributed by atoms with Crippen molar-refractivity contribution in [3.8, 4) is 0 Å². The highest BCUT2D eigenvalue weighted by atomic mass is 35.5.